The van der Waals surface area contributed by atoms with E-state index < -0.39 is 0 Å². The Morgan fingerprint density at radius 3 is 3.00 bits per heavy atom. The fourth-order valence-corrected chi connectivity index (χ4v) is 3.20. The average Bonchev–Trinajstić information content (AvgIpc) is 2.33. The van der Waals surface area contributed by atoms with E-state index in [0.717, 1.165) is 13.0 Å². The largest absolute Gasteiger partial charge is 0.508 e. The highest BCUT2D eigenvalue weighted by atomic mass is 16.3. The average molecular weight is 219 g/mol. The smallest absolute Gasteiger partial charge is 0.152 e. The Hall–Kier alpha value is -1.38. The Balaban J connectivity index is 1.94. The number of allylic oxidation sites excluding steroid dienone is 5. The monoisotopic (exact) mass is 219 g/mol. The Morgan fingerprint density at radius 1 is 1.25 bits per heavy atom. The molecule has 3 unspecified atom stereocenters. The van der Waals surface area contributed by atoms with Crippen LogP contribution in [0.15, 0.2) is 35.4 Å². The van der Waals surface area contributed by atoms with E-state index in [0.29, 0.717) is 11.8 Å². The number of piperidine rings is 1. The van der Waals surface area contributed by atoms with E-state index in [1.54, 1.807) is 6.08 Å². The van der Waals surface area contributed by atoms with Crippen LogP contribution < -0.4 is 5.32 Å². The molecule has 3 nitrogen and oxygen atoms in total. The molecule has 0 amide bonds. The topological polar surface area (TPSA) is 52.5 Å². The molecular weight excluding hydrogens is 202 g/mol. The van der Waals surface area contributed by atoms with Gasteiger partial charge in [0.2, 0.25) is 0 Å². The van der Waals surface area contributed by atoms with Crippen molar-refractivity contribution in [2.24, 2.45) is 17.8 Å². The van der Waals surface area contributed by atoms with Crippen molar-refractivity contribution in [1.29, 1.82) is 0 Å². The van der Waals surface area contributed by atoms with Crippen LogP contribution in [0.25, 0.3) is 0 Å². The minimum Gasteiger partial charge on any atom is -0.508 e. The lowest BCUT2D eigenvalue weighted by atomic mass is 9.68. The zero-order chi connectivity index (χ0) is 11.1. The van der Waals surface area contributed by atoms with Gasteiger partial charge in [-0.1, -0.05) is 12.2 Å². The van der Waals surface area contributed by atoms with Gasteiger partial charge in [-0.25, -0.2) is 0 Å². The number of hydrogen-bond donors (Lipinski definition) is 3. The van der Waals surface area contributed by atoms with E-state index >= 15 is 0 Å². The van der Waals surface area contributed by atoms with E-state index in [1.165, 1.54) is 18.5 Å². The lowest BCUT2D eigenvalue weighted by Gasteiger charge is -2.40. The molecule has 86 valence electrons. The molecule has 0 saturated carbocycles. The molecule has 1 heterocycles. The molecule has 1 fully saturated rings. The van der Waals surface area contributed by atoms with Crippen LogP contribution in [-0.4, -0.2) is 16.8 Å². The quantitative estimate of drug-likeness (QED) is 0.586. The van der Waals surface area contributed by atoms with Crippen molar-refractivity contribution in [2.45, 2.75) is 19.3 Å². The SMILES string of the molecule is OC1=C(O)C2CC=C3NCCCC3C2C=C1. The molecule has 3 rings (SSSR count). The van der Waals surface area contributed by atoms with Gasteiger partial charge in [-0.15, -0.1) is 0 Å². The van der Waals surface area contributed by atoms with Gasteiger partial charge in [0.1, 0.15) is 5.76 Å². The molecule has 3 N–H and O–H groups in total. The van der Waals surface area contributed by atoms with Crippen molar-refractivity contribution in [2.75, 3.05) is 6.54 Å². The Labute approximate surface area is 95.2 Å². The summed E-state index contributed by atoms with van der Waals surface area (Å²) in [4.78, 5) is 0. The maximum absolute atomic E-state index is 9.89. The van der Waals surface area contributed by atoms with Gasteiger partial charge >= 0.3 is 0 Å². The Morgan fingerprint density at radius 2 is 2.12 bits per heavy atom. The second-order valence-corrected chi connectivity index (χ2v) is 4.88. The van der Waals surface area contributed by atoms with Gasteiger partial charge in [0.25, 0.3) is 0 Å². The number of fused-ring (bicyclic) bond motifs is 3. The molecular formula is C13H17NO2. The molecule has 0 radical (unpaired) electrons. The summed E-state index contributed by atoms with van der Waals surface area (Å²) < 4.78 is 0. The third-order valence-electron chi connectivity index (χ3n) is 4.03. The second kappa shape index (κ2) is 3.58. The highest BCUT2D eigenvalue weighted by molar-refractivity contribution is 5.30. The molecule has 0 aromatic rings. The summed E-state index contributed by atoms with van der Waals surface area (Å²) in [7, 11) is 0. The molecule has 1 saturated heterocycles. The molecule has 3 heteroatoms. The van der Waals surface area contributed by atoms with E-state index in [9.17, 15) is 10.2 Å². The van der Waals surface area contributed by atoms with Crippen LogP contribution in [0, 0.1) is 17.8 Å². The Kier molecular flexibility index (Phi) is 2.20. The summed E-state index contributed by atoms with van der Waals surface area (Å²) in [6.07, 6.45) is 9.09. The van der Waals surface area contributed by atoms with Crippen LogP contribution in [-0.2, 0) is 0 Å². The van der Waals surface area contributed by atoms with Crippen LogP contribution in [0.4, 0.5) is 0 Å². The van der Waals surface area contributed by atoms with Crippen LogP contribution in [0.5, 0.6) is 0 Å². The van der Waals surface area contributed by atoms with E-state index in [-0.39, 0.29) is 17.4 Å². The predicted molar refractivity (Wildman–Crippen MR) is 61.8 cm³/mol. The van der Waals surface area contributed by atoms with E-state index in [4.69, 9.17) is 0 Å². The van der Waals surface area contributed by atoms with E-state index in [1.807, 2.05) is 0 Å². The normalized spacial score (nSPS) is 37.2. The van der Waals surface area contributed by atoms with Crippen molar-refractivity contribution in [1.82, 2.24) is 5.32 Å². The summed E-state index contributed by atoms with van der Waals surface area (Å²) in [5.74, 6) is 1.15. The highest BCUT2D eigenvalue weighted by Crippen LogP contribution is 2.44. The fraction of sp³-hybridized carbons (Fsp3) is 0.538. The minimum atomic E-state index is 0.0434. The first-order valence-corrected chi connectivity index (χ1v) is 6.01. The second-order valence-electron chi connectivity index (χ2n) is 4.88. The van der Waals surface area contributed by atoms with Crippen LogP contribution in [0.1, 0.15) is 19.3 Å². The van der Waals surface area contributed by atoms with Gasteiger partial charge < -0.3 is 15.5 Å². The van der Waals surface area contributed by atoms with Gasteiger partial charge in [-0.3, -0.25) is 0 Å². The summed E-state index contributed by atoms with van der Waals surface area (Å²) in [6.45, 7) is 1.07. The number of rotatable bonds is 0. The molecule has 2 aliphatic carbocycles. The van der Waals surface area contributed by atoms with Crippen molar-refractivity contribution in [3.63, 3.8) is 0 Å². The number of aliphatic hydroxyl groups is 2. The highest BCUT2D eigenvalue weighted by Gasteiger charge is 2.38. The summed E-state index contributed by atoms with van der Waals surface area (Å²) in [6, 6.07) is 0. The van der Waals surface area contributed by atoms with Crippen LogP contribution in [0.3, 0.4) is 0 Å². The molecule has 3 atom stereocenters. The molecule has 1 aliphatic heterocycles. The molecule has 0 bridgehead atoms. The van der Waals surface area contributed by atoms with Crippen LogP contribution in [0.2, 0.25) is 0 Å². The number of aliphatic hydroxyl groups excluding tert-OH is 2. The first-order valence-electron chi connectivity index (χ1n) is 6.01. The minimum absolute atomic E-state index is 0.0434. The maximum atomic E-state index is 9.89. The predicted octanol–water partition coefficient (Wildman–Crippen LogP) is 2.40. The van der Waals surface area contributed by atoms with E-state index in [2.05, 4.69) is 17.5 Å². The lowest BCUT2D eigenvalue weighted by molar-refractivity contribution is 0.190. The zero-order valence-electron chi connectivity index (χ0n) is 9.19. The fourth-order valence-electron chi connectivity index (χ4n) is 3.20. The molecule has 3 aliphatic rings. The van der Waals surface area contributed by atoms with Gasteiger partial charge in [-0.05, 0) is 31.3 Å². The summed E-state index contributed by atoms with van der Waals surface area (Å²) in [5, 5.41) is 22.9. The van der Waals surface area contributed by atoms with Crippen molar-refractivity contribution in [3.8, 4) is 0 Å². The third kappa shape index (κ3) is 1.34. The number of hydrogen-bond acceptors (Lipinski definition) is 3. The van der Waals surface area contributed by atoms with Crippen molar-refractivity contribution in [3.05, 3.63) is 35.4 Å². The molecule has 0 spiro atoms. The standard InChI is InChI=1S/C13H17NO2/c15-12-6-4-8-9-2-1-7-14-11(9)5-3-10(8)13(12)16/h4-6,8-10,14-16H,1-3,7H2. The lowest BCUT2D eigenvalue weighted by Crippen LogP contribution is -2.38. The summed E-state index contributed by atoms with van der Waals surface area (Å²) in [5.41, 5.74) is 1.34. The molecule has 0 aromatic carbocycles. The Bertz CT molecular complexity index is 395. The van der Waals surface area contributed by atoms with Crippen molar-refractivity contribution >= 4 is 0 Å². The third-order valence-corrected chi connectivity index (χ3v) is 4.03. The van der Waals surface area contributed by atoms with Gasteiger partial charge in [0, 0.05) is 24.1 Å². The summed E-state index contributed by atoms with van der Waals surface area (Å²) >= 11 is 0. The van der Waals surface area contributed by atoms with Gasteiger partial charge in [0.15, 0.2) is 5.76 Å². The van der Waals surface area contributed by atoms with Crippen LogP contribution >= 0.6 is 0 Å². The van der Waals surface area contributed by atoms with Crippen molar-refractivity contribution < 1.29 is 10.2 Å². The van der Waals surface area contributed by atoms with Gasteiger partial charge in [-0.2, -0.15) is 0 Å². The molecule has 0 aromatic heterocycles. The van der Waals surface area contributed by atoms with Gasteiger partial charge in [0.05, 0.1) is 0 Å². The maximum Gasteiger partial charge on any atom is 0.152 e. The first-order chi connectivity index (χ1) is 7.77. The molecule has 16 heavy (non-hydrogen) atoms. The number of nitrogens with one attached hydrogen (secondary N) is 1. The zero-order valence-corrected chi connectivity index (χ0v) is 9.19. The first kappa shape index (κ1) is 9.82.